The van der Waals surface area contributed by atoms with Gasteiger partial charge in [-0.05, 0) is 122 Å². The van der Waals surface area contributed by atoms with Gasteiger partial charge in [0, 0.05) is 38.5 Å². The lowest BCUT2D eigenvalue weighted by Crippen LogP contribution is -2.37. The maximum Gasteiger partial charge on any atom is 0.306 e. The fraction of sp³-hybridized carbons (Fsp3) is 0.922. The number of ether oxygens (including phenoxy) is 6. The van der Waals surface area contributed by atoms with Gasteiger partial charge in [-0.15, -0.1) is 0 Å². The van der Waals surface area contributed by atoms with Crippen LogP contribution >= 0.6 is 0 Å². The molecule has 0 aliphatic carbocycles. The molecule has 0 saturated heterocycles. The van der Waals surface area contributed by atoms with Crippen LogP contribution in [0.15, 0.2) is 0 Å². The van der Waals surface area contributed by atoms with Crippen LogP contribution in [0.4, 0.5) is 0 Å². The van der Waals surface area contributed by atoms with Crippen LogP contribution in [0.25, 0.3) is 0 Å². The third-order valence-electron chi connectivity index (χ3n) is 17.7. The predicted molar refractivity (Wildman–Crippen MR) is 368 cm³/mol. The highest BCUT2D eigenvalue weighted by molar-refractivity contribution is 5.71. The Bertz CT molecular complexity index is 1450. The van der Waals surface area contributed by atoms with Gasteiger partial charge in [-0.25, -0.2) is 0 Å². The maximum absolute atomic E-state index is 13.2. The fourth-order valence-corrected chi connectivity index (χ4v) is 11.7. The Morgan fingerprint density at radius 3 is 0.596 bits per heavy atom. The van der Waals surface area contributed by atoms with Gasteiger partial charge in [0.1, 0.15) is 38.1 Å². The largest absolute Gasteiger partial charge is 0.465 e. The molecule has 0 saturated carbocycles. The van der Waals surface area contributed by atoms with Gasteiger partial charge in [-0.2, -0.15) is 0 Å². The molecule has 0 rings (SSSR count). The predicted octanol–water partition coefficient (Wildman–Crippen LogP) is 22.7. The number of esters is 6. The van der Waals surface area contributed by atoms with E-state index in [0.717, 1.165) is 193 Å². The SMILES string of the molecule is CCCCCCCCCC(CCCCCCCC(=O)OCC(C)(COC(=O)CCCCCCCC(CCCCCCCCC)OC(=O)CCCCC)COC(=O)CCCCCCCC(CCCCCCCCC)OC(=O)CCCCC)OC(=O)CCCCC. The highest BCUT2D eigenvalue weighted by atomic mass is 16.6. The molecule has 12 heteroatoms. The molecule has 0 aromatic carbocycles. The van der Waals surface area contributed by atoms with Gasteiger partial charge in [0.15, 0.2) is 0 Å². The zero-order valence-corrected chi connectivity index (χ0v) is 59.6. The van der Waals surface area contributed by atoms with Gasteiger partial charge in [0.2, 0.25) is 0 Å². The van der Waals surface area contributed by atoms with E-state index >= 15 is 0 Å². The number of hydrogen-bond acceptors (Lipinski definition) is 12. The van der Waals surface area contributed by atoms with E-state index in [-0.39, 0.29) is 93.2 Å². The van der Waals surface area contributed by atoms with Crippen molar-refractivity contribution in [2.75, 3.05) is 19.8 Å². The molecule has 0 bridgehead atoms. The van der Waals surface area contributed by atoms with E-state index in [0.29, 0.717) is 38.5 Å². The Labute approximate surface area is 548 Å². The average molecular weight is 1260 g/mol. The molecule has 12 nitrogen and oxygen atoms in total. The van der Waals surface area contributed by atoms with E-state index in [2.05, 4.69) is 41.5 Å². The van der Waals surface area contributed by atoms with Crippen molar-refractivity contribution in [3.8, 4) is 0 Å². The summed E-state index contributed by atoms with van der Waals surface area (Å²) in [6, 6.07) is 0. The van der Waals surface area contributed by atoms with Crippen LogP contribution < -0.4 is 0 Å². The van der Waals surface area contributed by atoms with Crippen molar-refractivity contribution in [1.29, 1.82) is 0 Å². The number of rotatable bonds is 69. The Hall–Kier alpha value is -3.18. The lowest BCUT2D eigenvalue weighted by atomic mass is 9.94. The summed E-state index contributed by atoms with van der Waals surface area (Å²) in [7, 11) is 0. The second kappa shape index (κ2) is 64.9. The molecule has 0 aliphatic rings. The van der Waals surface area contributed by atoms with Gasteiger partial charge in [0.05, 0.1) is 5.41 Å². The highest BCUT2D eigenvalue weighted by Gasteiger charge is 2.31. The quantitative estimate of drug-likeness (QED) is 0.0323. The average Bonchev–Trinajstić information content (AvgIpc) is 3.66. The van der Waals surface area contributed by atoms with Crippen LogP contribution in [-0.2, 0) is 57.2 Å². The van der Waals surface area contributed by atoms with Gasteiger partial charge >= 0.3 is 35.8 Å². The number of carbonyl (C=O) groups is 6. The molecule has 89 heavy (non-hydrogen) atoms. The van der Waals surface area contributed by atoms with E-state index in [1.807, 2.05) is 6.92 Å². The number of unbranched alkanes of at least 4 members (excludes halogenated alkanes) is 36. The second-order valence-corrected chi connectivity index (χ2v) is 27.1. The van der Waals surface area contributed by atoms with Gasteiger partial charge in [0.25, 0.3) is 0 Å². The van der Waals surface area contributed by atoms with Gasteiger partial charge in [-0.1, -0.05) is 253 Å². The molecule has 0 amide bonds. The molecular formula is C77H144O12. The van der Waals surface area contributed by atoms with Gasteiger partial charge < -0.3 is 28.4 Å². The van der Waals surface area contributed by atoms with Crippen molar-refractivity contribution in [3.05, 3.63) is 0 Å². The molecule has 0 spiro atoms. The zero-order chi connectivity index (χ0) is 65.4. The Morgan fingerprint density at radius 2 is 0.382 bits per heavy atom. The summed E-state index contributed by atoms with van der Waals surface area (Å²) in [5.41, 5.74) is -0.915. The summed E-state index contributed by atoms with van der Waals surface area (Å²) in [6.07, 6.45) is 56.5. The molecule has 524 valence electrons. The Kier molecular flexibility index (Phi) is 62.6. The third kappa shape index (κ3) is 59.6. The minimum atomic E-state index is -0.915. The van der Waals surface area contributed by atoms with Crippen molar-refractivity contribution >= 4 is 35.8 Å². The minimum absolute atomic E-state index is 0.0183. The van der Waals surface area contributed by atoms with E-state index in [4.69, 9.17) is 28.4 Å². The summed E-state index contributed by atoms with van der Waals surface area (Å²) >= 11 is 0. The first-order valence-corrected chi connectivity index (χ1v) is 38.4. The van der Waals surface area contributed by atoms with E-state index in [1.54, 1.807) is 0 Å². The Morgan fingerprint density at radius 1 is 0.225 bits per heavy atom. The molecule has 3 unspecified atom stereocenters. The van der Waals surface area contributed by atoms with Crippen LogP contribution in [-0.4, -0.2) is 73.9 Å². The molecule has 0 radical (unpaired) electrons. The smallest absolute Gasteiger partial charge is 0.306 e. The molecule has 0 aromatic rings. The monoisotopic (exact) mass is 1260 g/mol. The van der Waals surface area contributed by atoms with Crippen molar-refractivity contribution in [1.82, 2.24) is 0 Å². The highest BCUT2D eigenvalue weighted by Crippen LogP contribution is 2.25. The van der Waals surface area contributed by atoms with Crippen LogP contribution in [0.1, 0.15) is 414 Å². The van der Waals surface area contributed by atoms with Crippen molar-refractivity contribution in [2.45, 2.75) is 433 Å². The van der Waals surface area contributed by atoms with E-state index in [9.17, 15) is 28.8 Å². The number of carbonyl (C=O) groups excluding carboxylic acids is 6. The van der Waals surface area contributed by atoms with Gasteiger partial charge in [-0.3, -0.25) is 28.8 Å². The normalized spacial score (nSPS) is 13.1. The molecular weight excluding hydrogens is 1120 g/mol. The molecule has 0 N–H and O–H groups in total. The maximum atomic E-state index is 13.2. The fourth-order valence-electron chi connectivity index (χ4n) is 11.7. The van der Waals surface area contributed by atoms with Crippen LogP contribution in [0.3, 0.4) is 0 Å². The van der Waals surface area contributed by atoms with Crippen molar-refractivity contribution in [3.63, 3.8) is 0 Å². The molecule has 0 fully saturated rings. The molecule has 0 aliphatic heterocycles. The lowest BCUT2D eigenvalue weighted by molar-refractivity contribution is -0.161. The Balaban J connectivity index is 5.32. The number of hydrogen-bond donors (Lipinski definition) is 0. The minimum Gasteiger partial charge on any atom is -0.465 e. The van der Waals surface area contributed by atoms with Crippen LogP contribution in [0.5, 0.6) is 0 Å². The second-order valence-electron chi connectivity index (χ2n) is 27.1. The lowest BCUT2D eigenvalue weighted by Gasteiger charge is -2.28. The van der Waals surface area contributed by atoms with E-state index in [1.165, 1.54) is 116 Å². The summed E-state index contributed by atoms with van der Waals surface area (Å²) in [5, 5.41) is 0. The van der Waals surface area contributed by atoms with Crippen molar-refractivity contribution in [2.24, 2.45) is 5.41 Å². The summed E-state index contributed by atoms with van der Waals surface area (Å²) in [5.74, 6) is -1.14. The molecule has 0 aromatic heterocycles. The zero-order valence-electron chi connectivity index (χ0n) is 59.6. The first-order chi connectivity index (χ1) is 43.3. The molecule has 0 heterocycles. The molecule has 3 atom stereocenters. The standard InChI is InChI=1S/C77H144O12/c1-8-14-20-23-26-32-44-53-68(87-74(81)62-41-17-11-4)56-47-35-29-38-50-59-71(78)84-65-77(7,66-85-72(79)60-51-39-30-36-48-57-69(88-75(82)63-42-18-12-5)54-45-33-27-24-21-15-9-2)67-86-73(80)61-52-40-31-37-49-58-70(89-76(83)64-43-19-13-6)55-46-34-28-25-22-16-10-3/h68-70H,8-67H2,1-7H3. The first-order valence-electron chi connectivity index (χ1n) is 38.4. The van der Waals surface area contributed by atoms with Crippen LogP contribution in [0, 0.1) is 5.41 Å². The first kappa shape index (κ1) is 85.8. The summed E-state index contributed by atoms with van der Waals surface area (Å²) in [6.45, 7) is 14.9. The topological polar surface area (TPSA) is 158 Å². The van der Waals surface area contributed by atoms with Crippen LogP contribution in [0.2, 0.25) is 0 Å². The van der Waals surface area contributed by atoms with E-state index < -0.39 is 5.41 Å². The van der Waals surface area contributed by atoms with Crippen molar-refractivity contribution < 1.29 is 57.2 Å². The summed E-state index contributed by atoms with van der Waals surface area (Å²) in [4.78, 5) is 77.5. The summed E-state index contributed by atoms with van der Waals surface area (Å²) < 4.78 is 35.5. The third-order valence-corrected chi connectivity index (χ3v) is 17.7.